The van der Waals surface area contributed by atoms with Gasteiger partial charge >= 0.3 is 0 Å². The molecule has 0 atom stereocenters. The minimum atomic E-state index is 0.340. The number of ether oxygens (including phenoxy) is 3. The van der Waals surface area contributed by atoms with E-state index in [0.717, 1.165) is 47.8 Å². The van der Waals surface area contributed by atoms with Gasteiger partial charge in [0.15, 0.2) is 17.5 Å². The Labute approximate surface area is 159 Å². The molecule has 0 bridgehead atoms. The molecule has 2 aliphatic rings. The van der Waals surface area contributed by atoms with E-state index in [0.29, 0.717) is 31.8 Å². The second kappa shape index (κ2) is 8.20. The van der Waals surface area contributed by atoms with Crippen LogP contribution >= 0.6 is 0 Å². The minimum Gasteiger partial charge on any atom is -0.490 e. The minimum absolute atomic E-state index is 0.340. The van der Waals surface area contributed by atoms with Crippen LogP contribution in [0.2, 0.25) is 0 Å². The highest BCUT2D eigenvalue weighted by Crippen LogP contribution is 2.32. The molecule has 1 saturated carbocycles. The Morgan fingerprint density at radius 3 is 2.70 bits per heavy atom. The number of aliphatic imine (C=N–C) groups is 1. The predicted octanol–water partition coefficient (Wildman–Crippen LogP) is 3.71. The highest BCUT2D eigenvalue weighted by molar-refractivity contribution is 5.92. The summed E-state index contributed by atoms with van der Waals surface area (Å²) < 4.78 is 17.4. The number of rotatable bonds is 5. The Hall–Kier alpha value is -2.89. The van der Waals surface area contributed by atoms with Crippen molar-refractivity contribution in [1.82, 2.24) is 0 Å². The zero-order chi connectivity index (χ0) is 18.5. The number of para-hydroxylation sites is 1. The maximum Gasteiger partial charge on any atom is 0.193 e. The molecule has 2 aromatic carbocycles. The van der Waals surface area contributed by atoms with Crippen molar-refractivity contribution in [2.24, 2.45) is 10.7 Å². The maximum absolute atomic E-state index is 6.08. The molecule has 0 aromatic heterocycles. The zero-order valence-electron chi connectivity index (χ0n) is 15.3. The van der Waals surface area contributed by atoms with Gasteiger partial charge < -0.3 is 25.3 Å². The van der Waals surface area contributed by atoms with Crippen molar-refractivity contribution in [3.8, 4) is 17.2 Å². The van der Waals surface area contributed by atoms with Crippen LogP contribution < -0.4 is 25.3 Å². The highest BCUT2D eigenvalue weighted by Gasteiger charge is 2.20. The summed E-state index contributed by atoms with van der Waals surface area (Å²) >= 11 is 0. The van der Waals surface area contributed by atoms with E-state index in [4.69, 9.17) is 19.9 Å². The van der Waals surface area contributed by atoms with Crippen LogP contribution in [0.1, 0.15) is 31.2 Å². The van der Waals surface area contributed by atoms with Gasteiger partial charge in [0.1, 0.15) is 5.75 Å². The summed E-state index contributed by atoms with van der Waals surface area (Å²) in [5.74, 6) is 2.73. The molecule has 0 spiro atoms. The third-order valence-electron chi connectivity index (χ3n) is 4.76. The van der Waals surface area contributed by atoms with E-state index in [9.17, 15) is 0 Å². The first kappa shape index (κ1) is 17.5. The van der Waals surface area contributed by atoms with Gasteiger partial charge in [-0.25, -0.2) is 4.99 Å². The van der Waals surface area contributed by atoms with Gasteiger partial charge in [-0.2, -0.15) is 0 Å². The predicted molar refractivity (Wildman–Crippen MR) is 106 cm³/mol. The van der Waals surface area contributed by atoms with Gasteiger partial charge in [-0.15, -0.1) is 0 Å². The lowest BCUT2D eigenvalue weighted by Gasteiger charge is -2.27. The monoisotopic (exact) mass is 367 g/mol. The number of guanidine groups is 1. The van der Waals surface area contributed by atoms with Crippen LogP contribution in [0.4, 0.5) is 5.69 Å². The standard InChI is InChI=1S/C21H25N3O3/c22-21(24-16-9-10-19-20(13-16)26-12-4-11-25-19)23-14-15-5-1-2-8-18(15)27-17-6-3-7-17/h1-2,5,8-10,13,17H,3-4,6-7,11-12,14H2,(H3,22,23,24). The number of nitrogens with one attached hydrogen (secondary N) is 1. The number of fused-ring (bicyclic) bond motifs is 1. The van der Waals surface area contributed by atoms with E-state index in [1.165, 1.54) is 6.42 Å². The lowest BCUT2D eigenvalue weighted by atomic mass is 9.96. The molecule has 27 heavy (non-hydrogen) atoms. The molecule has 1 heterocycles. The smallest absolute Gasteiger partial charge is 0.193 e. The molecular formula is C21H25N3O3. The second-order valence-electron chi connectivity index (χ2n) is 6.82. The van der Waals surface area contributed by atoms with Gasteiger partial charge in [0.05, 0.1) is 25.9 Å². The number of hydrogen-bond donors (Lipinski definition) is 2. The fraction of sp³-hybridized carbons (Fsp3) is 0.381. The normalized spacial score (nSPS) is 17.0. The molecule has 0 saturated heterocycles. The summed E-state index contributed by atoms with van der Waals surface area (Å²) in [5.41, 5.74) is 7.93. The Morgan fingerprint density at radius 1 is 1.07 bits per heavy atom. The van der Waals surface area contributed by atoms with Crippen molar-refractivity contribution < 1.29 is 14.2 Å². The molecule has 1 aliphatic carbocycles. The number of nitrogens with zero attached hydrogens (tertiary/aromatic N) is 1. The average molecular weight is 367 g/mol. The lowest BCUT2D eigenvalue weighted by Crippen LogP contribution is -2.25. The van der Waals surface area contributed by atoms with Crippen LogP contribution in [0.5, 0.6) is 17.2 Å². The van der Waals surface area contributed by atoms with Crippen LogP contribution in [0, 0.1) is 0 Å². The van der Waals surface area contributed by atoms with Crippen LogP contribution in [-0.2, 0) is 6.54 Å². The largest absolute Gasteiger partial charge is 0.490 e. The second-order valence-corrected chi connectivity index (χ2v) is 6.82. The van der Waals surface area contributed by atoms with Crippen molar-refractivity contribution in [2.75, 3.05) is 18.5 Å². The molecule has 4 rings (SSSR count). The summed E-state index contributed by atoms with van der Waals surface area (Å²) in [6.07, 6.45) is 4.73. The molecule has 3 N–H and O–H groups in total. The van der Waals surface area contributed by atoms with Crippen LogP contribution in [-0.4, -0.2) is 25.3 Å². The lowest BCUT2D eigenvalue weighted by molar-refractivity contribution is 0.119. The fourth-order valence-electron chi connectivity index (χ4n) is 3.02. The highest BCUT2D eigenvalue weighted by atomic mass is 16.5. The number of anilines is 1. The van der Waals surface area contributed by atoms with Crippen molar-refractivity contribution in [3.05, 3.63) is 48.0 Å². The van der Waals surface area contributed by atoms with Crippen LogP contribution in [0.15, 0.2) is 47.5 Å². The van der Waals surface area contributed by atoms with E-state index in [1.54, 1.807) is 0 Å². The van der Waals surface area contributed by atoms with Gasteiger partial charge in [-0.1, -0.05) is 18.2 Å². The van der Waals surface area contributed by atoms with Gasteiger partial charge in [0.2, 0.25) is 0 Å². The van der Waals surface area contributed by atoms with Crippen molar-refractivity contribution in [1.29, 1.82) is 0 Å². The first-order chi connectivity index (χ1) is 13.3. The fourth-order valence-corrected chi connectivity index (χ4v) is 3.02. The number of hydrogen-bond acceptors (Lipinski definition) is 4. The van der Waals surface area contributed by atoms with Crippen molar-refractivity contribution in [3.63, 3.8) is 0 Å². The van der Waals surface area contributed by atoms with E-state index in [-0.39, 0.29) is 0 Å². The molecule has 142 valence electrons. The van der Waals surface area contributed by atoms with Crippen molar-refractivity contribution in [2.45, 2.75) is 38.3 Å². The average Bonchev–Trinajstić information content (AvgIpc) is 2.89. The van der Waals surface area contributed by atoms with E-state index >= 15 is 0 Å². The molecule has 1 aliphatic heterocycles. The molecule has 6 heteroatoms. The number of nitrogens with two attached hydrogens (primary N) is 1. The van der Waals surface area contributed by atoms with Crippen molar-refractivity contribution >= 4 is 11.6 Å². The summed E-state index contributed by atoms with van der Waals surface area (Å²) in [6, 6.07) is 13.7. The molecule has 0 unspecified atom stereocenters. The summed E-state index contributed by atoms with van der Waals surface area (Å²) in [4.78, 5) is 4.46. The van der Waals surface area contributed by atoms with E-state index in [1.807, 2.05) is 42.5 Å². The molecule has 2 aromatic rings. The zero-order valence-corrected chi connectivity index (χ0v) is 15.3. The summed E-state index contributed by atoms with van der Waals surface area (Å²) in [6.45, 7) is 1.79. The molecule has 1 fully saturated rings. The summed E-state index contributed by atoms with van der Waals surface area (Å²) in [5, 5.41) is 3.12. The Bertz CT molecular complexity index is 818. The first-order valence-electron chi connectivity index (χ1n) is 9.49. The van der Waals surface area contributed by atoms with Gasteiger partial charge in [0, 0.05) is 23.7 Å². The third-order valence-corrected chi connectivity index (χ3v) is 4.76. The van der Waals surface area contributed by atoms with Gasteiger partial charge in [0.25, 0.3) is 0 Å². The number of benzene rings is 2. The van der Waals surface area contributed by atoms with E-state index < -0.39 is 0 Å². The Morgan fingerprint density at radius 2 is 1.89 bits per heavy atom. The SMILES string of the molecule is NC(=NCc1ccccc1OC1CCC1)Nc1ccc2c(c1)OCCCO2. The maximum atomic E-state index is 6.08. The van der Waals surface area contributed by atoms with Gasteiger partial charge in [-0.3, -0.25) is 0 Å². The molecule has 6 nitrogen and oxygen atoms in total. The Balaban J connectivity index is 1.41. The molecule has 0 radical (unpaired) electrons. The van der Waals surface area contributed by atoms with Crippen LogP contribution in [0.3, 0.4) is 0 Å². The topological polar surface area (TPSA) is 78.1 Å². The molecule has 0 amide bonds. The first-order valence-corrected chi connectivity index (χ1v) is 9.49. The Kier molecular flexibility index (Phi) is 5.32. The quantitative estimate of drug-likeness (QED) is 0.622. The summed E-state index contributed by atoms with van der Waals surface area (Å²) in [7, 11) is 0. The molecular weight excluding hydrogens is 342 g/mol. The van der Waals surface area contributed by atoms with E-state index in [2.05, 4.69) is 10.3 Å². The third kappa shape index (κ3) is 4.45. The van der Waals surface area contributed by atoms with Crippen LogP contribution in [0.25, 0.3) is 0 Å². The van der Waals surface area contributed by atoms with Gasteiger partial charge in [-0.05, 0) is 37.5 Å².